The van der Waals surface area contributed by atoms with Crippen molar-refractivity contribution >= 4 is 11.6 Å². The summed E-state index contributed by atoms with van der Waals surface area (Å²) in [5.74, 6) is -0.115. The van der Waals surface area contributed by atoms with Gasteiger partial charge in [-0.15, -0.1) is 0 Å². The summed E-state index contributed by atoms with van der Waals surface area (Å²) in [5, 5.41) is 11.3. The lowest BCUT2D eigenvalue weighted by Gasteiger charge is -2.29. The van der Waals surface area contributed by atoms with E-state index in [1.807, 2.05) is 6.92 Å². The average molecular weight is 271 g/mol. The third kappa shape index (κ3) is 2.70. The molecule has 100 valence electrons. The van der Waals surface area contributed by atoms with Crippen LogP contribution in [-0.2, 0) is 6.42 Å². The summed E-state index contributed by atoms with van der Waals surface area (Å²) in [7, 11) is 0. The van der Waals surface area contributed by atoms with Crippen molar-refractivity contribution < 1.29 is 9.50 Å². The predicted octanol–water partition coefficient (Wildman–Crippen LogP) is 4.21. The summed E-state index contributed by atoms with van der Waals surface area (Å²) in [4.78, 5) is 0. The molecule has 1 aromatic carbocycles. The van der Waals surface area contributed by atoms with Crippen molar-refractivity contribution in [1.29, 1.82) is 0 Å². The summed E-state index contributed by atoms with van der Waals surface area (Å²) in [5.41, 5.74) is -0.201. The van der Waals surface area contributed by atoms with Gasteiger partial charge in [-0.25, -0.2) is 4.39 Å². The zero-order chi connectivity index (χ0) is 13.6. The summed E-state index contributed by atoms with van der Waals surface area (Å²) < 4.78 is 13.7. The molecule has 2 rings (SSSR count). The summed E-state index contributed by atoms with van der Waals surface area (Å²) >= 11 is 5.89. The third-order valence-electron chi connectivity index (χ3n) is 4.07. The Labute approximate surface area is 113 Å². The monoisotopic (exact) mass is 270 g/mol. The number of hydrogen-bond donors (Lipinski definition) is 1. The topological polar surface area (TPSA) is 20.2 Å². The van der Waals surface area contributed by atoms with E-state index in [1.54, 1.807) is 6.07 Å². The van der Waals surface area contributed by atoms with Crippen molar-refractivity contribution in [3.8, 4) is 0 Å². The molecule has 1 nitrogen and oxygen atoms in total. The Morgan fingerprint density at radius 2 is 2.11 bits per heavy atom. The van der Waals surface area contributed by atoms with Crippen molar-refractivity contribution in [2.24, 2.45) is 11.3 Å². The number of halogens is 2. The van der Waals surface area contributed by atoms with Crippen LogP contribution in [0.2, 0.25) is 5.02 Å². The SMILES string of the molecule is CC1CC(C)(C)CC1(O)Cc1cc(Cl)ccc1F. The van der Waals surface area contributed by atoms with Crippen LogP contribution in [0.15, 0.2) is 18.2 Å². The number of rotatable bonds is 2. The summed E-state index contributed by atoms with van der Waals surface area (Å²) in [6.45, 7) is 6.34. The molecule has 0 amide bonds. The van der Waals surface area contributed by atoms with E-state index in [0.717, 1.165) is 6.42 Å². The number of benzene rings is 1. The predicted molar refractivity (Wildman–Crippen MR) is 72.2 cm³/mol. The lowest BCUT2D eigenvalue weighted by Crippen LogP contribution is -2.35. The van der Waals surface area contributed by atoms with Crippen LogP contribution in [0.3, 0.4) is 0 Å². The molecule has 1 aliphatic carbocycles. The van der Waals surface area contributed by atoms with Crippen LogP contribution in [0.5, 0.6) is 0 Å². The minimum Gasteiger partial charge on any atom is -0.389 e. The molecular weight excluding hydrogens is 251 g/mol. The highest BCUT2D eigenvalue weighted by molar-refractivity contribution is 6.30. The molecule has 2 unspecified atom stereocenters. The first-order chi connectivity index (χ1) is 8.22. The van der Waals surface area contributed by atoms with Crippen LogP contribution in [0.1, 0.15) is 39.2 Å². The molecule has 0 spiro atoms. The van der Waals surface area contributed by atoms with E-state index in [0.29, 0.717) is 23.4 Å². The van der Waals surface area contributed by atoms with E-state index >= 15 is 0 Å². The molecule has 3 heteroatoms. The van der Waals surface area contributed by atoms with E-state index in [2.05, 4.69) is 13.8 Å². The van der Waals surface area contributed by atoms with E-state index in [9.17, 15) is 9.50 Å². The molecule has 1 aliphatic rings. The smallest absolute Gasteiger partial charge is 0.126 e. The van der Waals surface area contributed by atoms with Gasteiger partial charge < -0.3 is 5.11 Å². The fourth-order valence-electron chi connectivity index (χ4n) is 3.34. The second-order valence-corrected chi connectivity index (χ2v) is 6.90. The van der Waals surface area contributed by atoms with E-state index < -0.39 is 5.60 Å². The highest BCUT2D eigenvalue weighted by Crippen LogP contribution is 2.48. The zero-order valence-electron chi connectivity index (χ0n) is 11.1. The minimum atomic E-state index is -0.824. The molecule has 0 heterocycles. The summed E-state index contributed by atoms with van der Waals surface area (Å²) in [6, 6.07) is 4.52. The largest absolute Gasteiger partial charge is 0.389 e. The number of hydrogen-bond acceptors (Lipinski definition) is 1. The van der Waals surface area contributed by atoms with Gasteiger partial charge in [0.05, 0.1) is 5.60 Å². The maximum absolute atomic E-state index is 13.7. The fourth-order valence-corrected chi connectivity index (χ4v) is 3.53. The molecule has 0 radical (unpaired) electrons. The van der Waals surface area contributed by atoms with Gasteiger partial charge in [-0.2, -0.15) is 0 Å². The van der Waals surface area contributed by atoms with Gasteiger partial charge in [0.1, 0.15) is 5.82 Å². The molecule has 18 heavy (non-hydrogen) atoms. The molecule has 1 fully saturated rings. The van der Waals surface area contributed by atoms with Gasteiger partial charge >= 0.3 is 0 Å². The quantitative estimate of drug-likeness (QED) is 0.854. The maximum Gasteiger partial charge on any atom is 0.126 e. The Balaban J connectivity index is 2.25. The fraction of sp³-hybridized carbons (Fsp3) is 0.600. The first kappa shape index (κ1) is 13.8. The van der Waals surface area contributed by atoms with Crippen LogP contribution >= 0.6 is 11.6 Å². The zero-order valence-corrected chi connectivity index (χ0v) is 11.9. The van der Waals surface area contributed by atoms with Crippen molar-refractivity contribution in [3.05, 3.63) is 34.6 Å². The van der Waals surface area contributed by atoms with E-state index in [1.165, 1.54) is 12.1 Å². The van der Waals surface area contributed by atoms with Crippen molar-refractivity contribution in [3.63, 3.8) is 0 Å². The molecule has 2 atom stereocenters. The minimum absolute atomic E-state index is 0.114. The molecule has 0 saturated heterocycles. The van der Waals surface area contributed by atoms with Crippen LogP contribution in [0.4, 0.5) is 4.39 Å². The van der Waals surface area contributed by atoms with Gasteiger partial charge in [-0.1, -0.05) is 32.4 Å². The second kappa shape index (κ2) is 4.50. The Hall–Kier alpha value is -0.600. The van der Waals surface area contributed by atoms with Crippen molar-refractivity contribution in [2.45, 2.75) is 45.6 Å². The normalized spacial score (nSPS) is 30.7. The van der Waals surface area contributed by atoms with E-state index in [4.69, 9.17) is 11.6 Å². The Bertz CT molecular complexity index is 458. The first-order valence-electron chi connectivity index (χ1n) is 6.38. The van der Waals surface area contributed by atoms with Crippen molar-refractivity contribution in [1.82, 2.24) is 0 Å². The van der Waals surface area contributed by atoms with Crippen LogP contribution in [0, 0.1) is 17.2 Å². The molecule has 1 aromatic rings. The number of aliphatic hydroxyl groups is 1. The van der Waals surface area contributed by atoms with Gasteiger partial charge in [0.15, 0.2) is 0 Å². The lowest BCUT2D eigenvalue weighted by atomic mass is 9.84. The molecule has 0 aromatic heterocycles. The van der Waals surface area contributed by atoms with Gasteiger partial charge in [-0.3, -0.25) is 0 Å². The van der Waals surface area contributed by atoms with Gasteiger partial charge in [0.25, 0.3) is 0 Å². The molecule has 1 saturated carbocycles. The van der Waals surface area contributed by atoms with Crippen LogP contribution < -0.4 is 0 Å². The van der Waals surface area contributed by atoms with Crippen LogP contribution in [-0.4, -0.2) is 10.7 Å². The standard InChI is InChI=1S/C15H20ClFO/c1-10-7-14(2,3)9-15(10,18)8-11-6-12(16)4-5-13(11)17/h4-6,10,18H,7-9H2,1-3H3. The van der Waals surface area contributed by atoms with Crippen LogP contribution in [0.25, 0.3) is 0 Å². The Morgan fingerprint density at radius 3 is 2.67 bits per heavy atom. The maximum atomic E-state index is 13.7. The Morgan fingerprint density at radius 1 is 1.44 bits per heavy atom. The first-order valence-corrected chi connectivity index (χ1v) is 6.76. The Kier molecular flexibility index (Phi) is 3.46. The van der Waals surface area contributed by atoms with Gasteiger partial charge in [0.2, 0.25) is 0 Å². The van der Waals surface area contributed by atoms with Crippen molar-refractivity contribution in [2.75, 3.05) is 0 Å². The summed E-state index contributed by atoms with van der Waals surface area (Å²) in [6.07, 6.45) is 2.00. The molecular formula is C15H20ClFO. The third-order valence-corrected chi connectivity index (χ3v) is 4.30. The second-order valence-electron chi connectivity index (χ2n) is 6.46. The highest BCUT2D eigenvalue weighted by atomic mass is 35.5. The molecule has 0 bridgehead atoms. The van der Waals surface area contributed by atoms with Gasteiger partial charge in [0, 0.05) is 11.4 Å². The van der Waals surface area contributed by atoms with E-state index in [-0.39, 0.29) is 17.2 Å². The van der Waals surface area contributed by atoms with Gasteiger partial charge in [-0.05, 0) is 47.9 Å². The lowest BCUT2D eigenvalue weighted by molar-refractivity contribution is 0.00374. The highest BCUT2D eigenvalue weighted by Gasteiger charge is 2.47. The molecule has 0 aliphatic heterocycles. The average Bonchev–Trinajstić information content (AvgIpc) is 2.41. The molecule has 1 N–H and O–H groups in total.